The Bertz CT molecular complexity index is 551. The number of hydrogen-bond donors (Lipinski definition) is 2. The molecule has 1 saturated heterocycles. The molecule has 2 atom stereocenters. The third-order valence-corrected chi connectivity index (χ3v) is 4.51. The summed E-state index contributed by atoms with van der Waals surface area (Å²) >= 11 is 0. The van der Waals surface area contributed by atoms with Gasteiger partial charge in [0.05, 0.1) is 12.6 Å². The van der Waals surface area contributed by atoms with Crippen LogP contribution in [0.4, 0.5) is 4.39 Å². The molecular weight excluding hydrogens is 317 g/mol. The number of halogens is 1. The number of benzene rings is 1. The summed E-state index contributed by atoms with van der Waals surface area (Å²) in [6.07, 6.45) is 2.54. The second-order valence-corrected chi connectivity index (χ2v) is 7.76. The van der Waals surface area contributed by atoms with E-state index >= 15 is 0 Å². The van der Waals surface area contributed by atoms with Crippen LogP contribution in [-0.2, 0) is 11.3 Å². The van der Waals surface area contributed by atoms with Crippen LogP contribution in [0, 0.1) is 17.2 Å². The molecule has 0 aromatic heterocycles. The van der Waals surface area contributed by atoms with Gasteiger partial charge in [0.15, 0.2) is 5.96 Å². The fraction of sp³-hybridized carbons (Fsp3) is 0.650. The molecule has 2 unspecified atom stereocenters. The molecule has 4 nitrogen and oxygen atoms in total. The summed E-state index contributed by atoms with van der Waals surface area (Å²) in [7, 11) is 0. The Labute approximate surface area is 151 Å². The first-order chi connectivity index (χ1) is 11.9. The lowest BCUT2D eigenvalue weighted by Gasteiger charge is -2.40. The molecule has 0 saturated carbocycles. The topological polar surface area (TPSA) is 45.7 Å². The van der Waals surface area contributed by atoms with E-state index < -0.39 is 0 Å². The number of rotatable bonds is 5. The van der Waals surface area contributed by atoms with Gasteiger partial charge < -0.3 is 15.4 Å². The van der Waals surface area contributed by atoms with Crippen molar-refractivity contribution in [2.75, 3.05) is 19.7 Å². The lowest BCUT2D eigenvalue weighted by molar-refractivity contribution is -0.0835. The Morgan fingerprint density at radius 3 is 2.60 bits per heavy atom. The van der Waals surface area contributed by atoms with Gasteiger partial charge in [-0.2, -0.15) is 0 Å². The third kappa shape index (κ3) is 6.31. The van der Waals surface area contributed by atoms with E-state index in [1.165, 1.54) is 18.6 Å². The van der Waals surface area contributed by atoms with Gasteiger partial charge in [0.2, 0.25) is 0 Å². The first kappa shape index (κ1) is 19.7. The Kier molecular flexibility index (Phi) is 7.24. The van der Waals surface area contributed by atoms with Crippen molar-refractivity contribution in [2.45, 2.75) is 53.2 Å². The summed E-state index contributed by atoms with van der Waals surface area (Å²) in [4.78, 5) is 4.62. The van der Waals surface area contributed by atoms with E-state index in [1.807, 2.05) is 0 Å². The van der Waals surface area contributed by atoms with Crippen LogP contribution < -0.4 is 10.6 Å². The molecule has 25 heavy (non-hydrogen) atoms. The Morgan fingerprint density at radius 1 is 1.24 bits per heavy atom. The maximum absolute atomic E-state index is 13.0. The van der Waals surface area contributed by atoms with Crippen LogP contribution in [-0.4, -0.2) is 31.8 Å². The molecule has 1 aliphatic rings. The van der Waals surface area contributed by atoms with E-state index in [9.17, 15) is 4.39 Å². The predicted octanol–water partition coefficient (Wildman–Crippen LogP) is 3.72. The average molecular weight is 349 g/mol. The highest BCUT2D eigenvalue weighted by Crippen LogP contribution is 2.33. The van der Waals surface area contributed by atoms with Gasteiger partial charge in [-0.05, 0) is 42.9 Å². The van der Waals surface area contributed by atoms with Crippen molar-refractivity contribution in [3.05, 3.63) is 35.6 Å². The number of guanidine groups is 1. The molecule has 0 spiro atoms. The number of aliphatic imine (C=N–C) groups is 1. The maximum atomic E-state index is 13.0. The smallest absolute Gasteiger partial charge is 0.191 e. The summed E-state index contributed by atoms with van der Waals surface area (Å²) in [5.74, 6) is 1.05. The fourth-order valence-corrected chi connectivity index (χ4v) is 3.34. The van der Waals surface area contributed by atoms with Gasteiger partial charge in [-0.15, -0.1) is 0 Å². The molecule has 2 N–H and O–H groups in total. The minimum atomic E-state index is -0.219. The number of ether oxygens (including phenoxy) is 1. The molecule has 2 rings (SSSR count). The zero-order valence-electron chi connectivity index (χ0n) is 15.9. The first-order valence-electron chi connectivity index (χ1n) is 9.28. The zero-order valence-corrected chi connectivity index (χ0v) is 15.9. The van der Waals surface area contributed by atoms with Crippen molar-refractivity contribution < 1.29 is 9.13 Å². The number of nitrogens with zero attached hydrogens (tertiary/aromatic N) is 1. The molecule has 5 heteroatoms. The Hall–Kier alpha value is -1.62. The molecule has 1 fully saturated rings. The summed E-state index contributed by atoms with van der Waals surface area (Å²) in [6.45, 7) is 11.8. The molecule has 0 bridgehead atoms. The maximum Gasteiger partial charge on any atom is 0.191 e. The van der Waals surface area contributed by atoms with Crippen LogP contribution in [0.2, 0.25) is 0 Å². The van der Waals surface area contributed by atoms with Crippen LogP contribution in [0.15, 0.2) is 29.3 Å². The van der Waals surface area contributed by atoms with Crippen LogP contribution in [0.1, 0.15) is 46.1 Å². The van der Waals surface area contributed by atoms with Gasteiger partial charge in [0.1, 0.15) is 5.82 Å². The van der Waals surface area contributed by atoms with Crippen molar-refractivity contribution in [2.24, 2.45) is 16.3 Å². The largest absolute Gasteiger partial charge is 0.377 e. The van der Waals surface area contributed by atoms with E-state index in [0.717, 1.165) is 37.6 Å². The van der Waals surface area contributed by atoms with E-state index in [2.05, 4.69) is 43.3 Å². The lowest BCUT2D eigenvalue weighted by Crippen LogP contribution is -2.47. The first-order valence-corrected chi connectivity index (χ1v) is 9.28. The highest BCUT2D eigenvalue weighted by atomic mass is 19.1. The Morgan fingerprint density at radius 2 is 1.96 bits per heavy atom. The lowest BCUT2D eigenvalue weighted by atomic mass is 9.78. The van der Waals surface area contributed by atoms with Crippen molar-refractivity contribution in [1.82, 2.24) is 10.6 Å². The SMILES string of the molecule is CCNC(=NCc1ccc(F)cc1)NCC1CCCOC1C(C)(C)C. The normalized spacial score (nSPS) is 21.9. The molecule has 0 radical (unpaired) electrons. The molecule has 0 amide bonds. The summed E-state index contributed by atoms with van der Waals surface area (Å²) in [5, 5.41) is 6.74. The minimum absolute atomic E-state index is 0.135. The summed E-state index contributed by atoms with van der Waals surface area (Å²) in [5.41, 5.74) is 1.13. The molecule has 1 aromatic carbocycles. The van der Waals surface area contributed by atoms with Crippen molar-refractivity contribution in [1.29, 1.82) is 0 Å². The van der Waals surface area contributed by atoms with Crippen LogP contribution in [0.3, 0.4) is 0 Å². The van der Waals surface area contributed by atoms with E-state index in [0.29, 0.717) is 12.5 Å². The Balaban J connectivity index is 1.95. The highest BCUT2D eigenvalue weighted by Gasteiger charge is 2.35. The van der Waals surface area contributed by atoms with Crippen molar-refractivity contribution >= 4 is 5.96 Å². The molecule has 0 aliphatic carbocycles. The number of hydrogen-bond acceptors (Lipinski definition) is 2. The van der Waals surface area contributed by atoms with E-state index in [1.54, 1.807) is 12.1 Å². The van der Waals surface area contributed by atoms with Crippen LogP contribution in [0.25, 0.3) is 0 Å². The standard InChI is InChI=1S/C20H32FN3O/c1-5-22-19(23-13-15-8-10-17(21)11-9-15)24-14-16-7-6-12-25-18(16)20(2,3)4/h8-11,16,18H,5-7,12-14H2,1-4H3,(H2,22,23,24). The number of nitrogens with one attached hydrogen (secondary N) is 2. The molecule has 1 aromatic rings. The summed E-state index contributed by atoms with van der Waals surface area (Å²) in [6, 6.07) is 6.48. The fourth-order valence-electron chi connectivity index (χ4n) is 3.34. The third-order valence-electron chi connectivity index (χ3n) is 4.51. The minimum Gasteiger partial charge on any atom is -0.377 e. The van der Waals surface area contributed by atoms with Crippen LogP contribution >= 0.6 is 0 Å². The van der Waals surface area contributed by atoms with E-state index in [-0.39, 0.29) is 17.3 Å². The molecule has 1 heterocycles. The molecule has 140 valence electrons. The summed E-state index contributed by atoms with van der Waals surface area (Å²) < 4.78 is 19.0. The van der Waals surface area contributed by atoms with Gasteiger partial charge in [0, 0.05) is 25.6 Å². The molecular formula is C20H32FN3O. The highest BCUT2D eigenvalue weighted by molar-refractivity contribution is 5.79. The van der Waals surface area contributed by atoms with Crippen molar-refractivity contribution in [3.63, 3.8) is 0 Å². The van der Waals surface area contributed by atoms with Gasteiger partial charge in [0.25, 0.3) is 0 Å². The van der Waals surface area contributed by atoms with Gasteiger partial charge in [-0.3, -0.25) is 0 Å². The van der Waals surface area contributed by atoms with Gasteiger partial charge in [-0.25, -0.2) is 9.38 Å². The average Bonchev–Trinajstić information content (AvgIpc) is 2.58. The monoisotopic (exact) mass is 349 g/mol. The second kappa shape index (κ2) is 9.18. The van der Waals surface area contributed by atoms with Crippen LogP contribution in [0.5, 0.6) is 0 Å². The predicted molar refractivity (Wildman–Crippen MR) is 101 cm³/mol. The zero-order chi connectivity index (χ0) is 18.3. The van der Waals surface area contributed by atoms with Gasteiger partial charge in [-0.1, -0.05) is 32.9 Å². The molecule has 1 aliphatic heterocycles. The quantitative estimate of drug-likeness (QED) is 0.629. The van der Waals surface area contributed by atoms with Gasteiger partial charge >= 0.3 is 0 Å². The second-order valence-electron chi connectivity index (χ2n) is 7.76. The van der Waals surface area contributed by atoms with E-state index in [4.69, 9.17) is 4.74 Å². The van der Waals surface area contributed by atoms with Crippen molar-refractivity contribution in [3.8, 4) is 0 Å².